The minimum absolute atomic E-state index is 0.0162. The van der Waals surface area contributed by atoms with Gasteiger partial charge in [0, 0.05) is 4.90 Å². The zero-order chi connectivity index (χ0) is 19.4. The quantitative estimate of drug-likeness (QED) is 0.470. The maximum absolute atomic E-state index is 12.5. The maximum Gasteiger partial charge on any atom is 0.335 e. The minimum atomic E-state index is -0.996. The second kappa shape index (κ2) is 8.05. The lowest BCUT2D eigenvalue weighted by molar-refractivity contribution is -0.143. The van der Waals surface area contributed by atoms with E-state index in [1.807, 2.05) is 24.5 Å². The van der Waals surface area contributed by atoms with Gasteiger partial charge >= 0.3 is 17.8 Å². The summed E-state index contributed by atoms with van der Waals surface area (Å²) in [5.41, 5.74) is 1.30. The number of carbonyl (C=O) groups excluding carboxylic acids is 4. The number of carbonyl (C=O) groups is 4. The zero-order valence-electron chi connectivity index (χ0n) is 14.5. The fourth-order valence-corrected chi connectivity index (χ4v) is 3.23. The molecule has 1 N–H and O–H groups in total. The van der Waals surface area contributed by atoms with Gasteiger partial charge in [-0.25, -0.2) is 9.69 Å². The van der Waals surface area contributed by atoms with Gasteiger partial charge in [0.05, 0.1) is 12.2 Å². The fourth-order valence-electron chi connectivity index (χ4n) is 2.68. The van der Waals surface area contributed by atoms with Crippen molar-refractivity contribution in [2.24, 2.45) is 0 Å². The van der Waals surface area contributed by atoms with Crippen molar-refractivity contribution >= 4 is 41.2 Å². The first-order valence-electron chi connectivity index (χ1n) is 8.15. The van der Waals surface area contributed by atoms with Gasteiger partial charge in [0.1, 0.15) is 6.54 Å². The number of urea groups is 1. The number of thioether (sulfide) groups is 1. The van der Waals surface area contributed by atoms with Gasteiger partial charge in [0.25, 0.3) is 0 Å². The van der Waals surface area contributed by atoms with Crippen molar-refractivity contribution in [3.05, 3.63) is 60.2 Å². The highest BCUT2D eigenvalue weighted by Gasteiger charge is 2.45. The molecule has 5 amide bonds. The number of imide groups is 2. The highest BCUT2D eigenvalue weighted by atomic mass is 32.2. The van der Waals surface area contributed by atoms with Crippen LogP contribution in [0, 0.1) is 0 Å². The molecule has 2 aromatic rings. The number of anilines is 1. The van der Waals surface area contributed by atoms with Crippen LogP contribution in [0.25, 0.3) is 0 Å². The highest BCUT2D eigenvalue weighted by Crippen LogP contribution is 2.24. The summed E-state index contributed by atoms with van der Waals surface area (Å²) >= 11 is 1.46. The predicted molar refractivity (Wildman–Crippen MR) is 101 cm³/mol. The molecule has 138 valence electrons. The Morgan fingerprint density at radius 3 is 2.26 bits per heavy atom. The first-order valence-corrected chi connectivity index (χ1v) is 9.38. The molecule has 1 fully saturated rings. The van der Waals surface area contributed by atoms with Gasteiger partial charge in [-0.2, -0.15) is 0 Å². The molecule has 7 nitrogen and oxygen atoms in total. The lowest BCUT2D eigenvalue weighted by Crippen LogP contribution is -2.38. The summed E-state index contributed by atoms with van der Waals surface area (Å²) in [5, 5.41) is 2.67. The molecule has 0 aliphatic carbocycles. The van der Waals surface area contributed by atoms with Crippen molar-refractivity contribution in [3.8, 4) is 0 Å². The molecule has 0 aromatic heterocycles. The van der Waals surface area contributed by atoms with Crippen LogP contribution < -0.4 is 5.32 Å². The van der Waals surface area contributed by atoms with Crippen molar-refractivity contribution in [3.63, 3.8) is 0 Å². The van der Waals surface area contributed by atoms with Crippen LogP contribution in [-0.2, 0) is 20.9 Å². The Kier molecular flexibility index (Phi) is 5.56. The molecule has 8 heteroatoms. The lowest BCUT2D eigenvalue weighted by Gasteiger charge is -2.16. The van der Waals surface area contributed by atoms with Gasteiger partial charge in [-0.1, -0.05) is 42.5 Å². The Morgan fingerprint density at radius 1 is 0.926 bits per heavy atom. The molecule has 1 saturated heterocycles. The van der Waals surface area contributed by atoms with Crippen LogP contribution in [0.3, 0.4) is 0 Å². The van der Waals surface area contributed by atoms with Crippen LogP contribution in [0.15, 0.2) is 59.5 Å². The van der Waals surface area contributed by atoms with E-state index in [-0.39, 0.29) is 6.54 Å². The molecule has 0 radical (unpaired) electrons. The van der Waals surface area contributed by atoms with E-state index < -0.39 is 30.3 Å². The number of benzene rings is 2. The predicted octanol–water partition coefficient (Wildman–Crippen LogP) is 2.34. The zero-order valence-corrected chi connectivity index (χ0v) is 15.4. The summed E-state index contributed by atoms with van der Waals surface area (Å²) < 4.78 is 0. The molecule has 1 aliphatic rings. The molecular formula is C19H17N3O4S. The molecule has 2 aromatic carbocycles. The second-order valence-corrected chi connectivity index (χ2v) is 6.65. The Labute approximate surface area is 160 Å². The van der Waals surface area contributed by atoms with E-state index in [0.29, 0.717) is 16.2 Å². The van der Waals surface area contributed by atoms with E-state index in [2.05, 4.69) is 5.32 Å². The van der Waals surface area contributed by atoms with Gasteiger partial charge in [-0.05, 0) is 24.0 Å². The van der Waals surface area contributed by atoms with Crippen LogP contribution >= 0.6 is 11.8 Å². The summed E-state index contributed by atoms with van der Waals surface area (Å²) in [6.45, 7) is -0.533. The van der Waals surface area contributed by atoms with Crippen LogP contribution in [0.4, 0.5) is 10.5 Å². The van der Waals surface area contributed by atoms with Gasteiger partial charge in [0.15, 0.2) is 0 Å². The first kappa shape index (κ1) is 18.7. The summed E-state index contributed by atoms with van der Waals surface area (Å²) in [5.74, 6) is -2.47. The largest absolute Gasteiger partial charge is 0.335 e. The minimum Gasteiger partial charge on any atom is -0.324 e. The second-order valence-electron chi connectivity index (χ2n) is 5.80. The van der Waals surface area contributed by atoms with Gasteiger partial charge in [-0.15, -0.1) is 11.8 Å². The standard InChI is InChI=1S/C19H17N3O4S/c1-27-15-10-6-5-9-14(15)20-16(23)12-22-18(25)17(24)21(19(22)26)11-13-7-3-2-4-8-13/h2-10H,11-12H2,1H3,(H,20,23). The molecular weight excluding hydrogens is 366 g/mol. The average molecular weight is 383 g/mol. The van der Waals surface area contributed by atoms with Gasteiger partial charge in [0.2, 0.25) is 5.91 Å². The van der Waals surface area contributed by atoms with Crippen molar-refractivity contribution in [2.45, 2.75) is 11.4 Å². The lowest BCUT2D eigenvalue weighted by atomic mass is 10.2. The van der Waals surface area contributed by atoms with E-state index >= 15 is 0 Å². The van der Waals surface area contributed by atoms with E-state index in [1.54, 1.807) is 36.4 Å². The smallest absolute Gasteiger partial charge is 0.324 e. The molecule has 27 heavy (non-hydrogen) atoms. The number of amides is 5. The van der Waals surface area contributed by atoms with E-state index in [0.717, 1.165) is 9.80 Å². The third kappa shape index (κ3) is 4.01. The SMILES string of the molecule is CSc1ccccc1NC(=O)CN1C(=O)C(=O)N(Cc2ccccc2)C1=O. The molecule has 0 atom stereocenters. The number of hydrogen-bond donors (Lipinski definition) is 1. The van der Waals surface area contributed by atoms with Crippen molar-refractivity contribution in [2.75, 3.05) is 18.1 Å². The number of para-hydroxylation sites is 1. The summed E-state index contributed by atoms with van der Waals surface area (Å²) in [4.78, 5) is 51.4. The monoisotopic (exact) mass is 383 g/mol. The van der Waals surface area contributed by atoms with E-state index in [9.17, 15) is 19.2 Å². The number of hydrogen-bond acceptors (Lipinski definition) is 5. The summed E-state index contributed by atoms with van der Waals surface area (Å²) in [7, 11) is 0. The Bertz CT molecular complexity index is 901. The molecule has 3 rings (SSSR count). The maximum atomic E-state index is 12.5. The normalized spacial score (nSPS) is 14.0. The molecule has 0 bridgehead atoms. The van der Waals surface area contributed by atoms with Gasteiger partial charge in [-0.3, -0.25) is 19.3 Å². The van der Waals surface area contributed by atoms with Crippen molar-refractivity contribution in [1.82, 2.24) is 9.80 Å². The number of nitrogens with one attached hydrogen (secondary N) is 1. The molecule has 0 spiro atoms. The Morgan fingerprint density at radius 2 is 1.56 bits per heavy atom. The first-order chi connectivity index (χ1) is 13.0. The molecule has 1 heterocycles. The Hall–Kier alpha value is -3.13. The number of nitrogens with zero attached hydrogens (tertiary/aromatic N) is 2. The third-order valence-electron chi connectivity index (χ3n) is 4.00. The third-order valence-corrected chi connectivity index (χ3v) is 4.80. The molecule has 0 saturated carbocycles. The van der Waals surface area contributed by atoms with Crippen LogP contribution in [0.1, 0.15) is 5.56 Å². The van der Waals surface area contributed by atoms with E-state index in [4.69, 9.17) is 0 Å². The number of rotatable bonds is 6. The van der Waals surface area contributed by atoms with Crippen molar-refractivity contribution in [1.29, 1.82) is 0 Å². The topological polar surface area (TPSA) is 86.8 Å². The van der Waals surface area contributed by atoms with Gasteiger partial charge < -0.3 is 5.32 Å². The van der Waals surface area contributed by atoms with Crippen LogP contribution in [-0.4, -0.2) is 46.4 Å². The molecule has 1 aliphatic heterocycles. The summed E-state index contributed by atoms with van der Waals surface area (Å²) in [6, 6.07) is 15.3. The van der Waals surface area contributed by atoms with Crippen LogP contribution in [0.2, 0.25) is 0 Å². The summed E-state index contributed by atoms with van der Waals surface area (Å²) in [6.07, 6.45) is 1.87. The van der Waals surface area contributed by atoms with Crippen molar-refractivity contribution < 1.29 is 19.2 Å². The highest BCUT2D eigenvalue weighted by molar-refractivity contribution is 7.98. The Balaban J connectivity index is 1.69. The molecule has 0 unspecified atom stereocenters. The average Bonchev–Trinajstić information content (AvgIpc) is 2.87. The fraction of sp³-hybridized carbons (Fsp3) is 0.158. The van der Waals surface area contributed by atoms with Crippen LogP contribution in [0.5, 0.6) is 0 Å². The van der Waals surface area contributed by atoms with E-state index in [1.165, 1.54) is 11.8 Å².